The fourth-order valence-corrected chi connectivity index (χ4v) is 2.87. The predicted molar refractivity (Wildman–Crippen MR) is 67.4 cm³/mol. The molecule has 3 heteroatoms. The average molecular weight is 283 g/mol. The first-order chi connectivity index (χ1) is 7.56. The first-order valence-corrected chi connectivity index (χ1v) is 6.25. The van der Waals surface area contributed by atoms with Crippen LogP contribution in [0, 0.1) is 6.92 Å². The summed E-state index contributed by atoms with van der Waals surface area (Å²) >= 11 is 3.52. The van der Waals surface area contributed by atoms with Crippen LogP contribution in [0.3, 0.4) is 0 Å². The Balaban J connectivity index is 2.75. The van der Waals surface area contributed by atoms with Gasteiger partial charge in [-0.3, -0.25) is 4.79 Å². The van der Waals surface area contributed by atoms with Gasteiger partial charge in [0.05, 0.1) is 7.11 Å². The molecule has 2 rings (SSSR count). The Morgan fingerprint density at radius 3 is 2.81 bits per heavy atom. The van der Waals surface area contributed by atoms with Crippen molar-refractivity contribution in [3.63, 3.8) is 0 Å². The molecular formula is C13H15BrO2. The quantitative estimate of drug-likeness (QED) is 0.782. The summed E-state index contributed by atoms with van der Waals surface area (Å²) in [4.78, 5) is 12.0. The number of ether oxygens (including phenoxy) is 1. The first kappa shape index (κ1) is 11.6. The SMILES string of the molecule is COc1cc(C)c(Br)c2c1C(C)CCC2=O. The molecule has 86 valence electrons. The number of fused-ring (bicyclic) bond motifs is 1. The third kappa shape index (κ3) is 1.67. The van der Waals surface area contributed by atoms with Gasteiger partial charge in [-0.05, 0) is 46.8 Å². The van der Waals surface area contributed by atoms with Gasteiger partial charge in [0.2, 0.25) is 0 Å². The highest BCUT2D eigenvalue weighted by Crippen LogP contribution is 2.42. The molecule has 0 amide bonds. The van der Waals surface area contributed by atoms with E-state index in [4.69, 9.17) is 4.74 Å². The lowest BCUT2D eigenvalue weighted by Crippen LogP contribution is -2.16. The Bertz CT molecular complexity index is 452. The van der Waals surface area contributed by atoms with Gasteiger partial charge in [0, 0.05) is 22.0 Å². The van der Waals surface area contributed by atoms with Crippen molar-refractivity contribution < 1.29 is 9.53 Å². The highest BCUT2D eigenvalue weighted by Gasteiger charge is 2.29. The van der Waals surface area contributed by atoms with Crippen LogP contribution in [0.5, 0.6) is 5.75 Å². The van der Waals surface area contributed by atoms with Crippen LogP contribution in [0.2, 0.25) is 0 Å². The van der Waals surface area contributed by atoms with E-state index in [1.807, 2.05) is 13.0 Å². The fraction of sp³-hybridized carbons (Fsp3) is 0.462. The Hall–Kier alpha value is -0.830. The van der Waals surface area contributed by atoms with Gasteiger partial charge in [-0.2, -0.15) is 0 Å². The van der Waals surface area contributed by atoms with Crippen molar-refractivity contribution in [1.82, 2.24) is 0 Å². The molecule has 0 heterocycles. The summed E-state index contributed by atoms with van der Waals surface area (Å²) in [6.07, 6.45) is 1.55. The van der Waals surface area contributed by atoms with Crippen molar-refractivity contribution in [1.29, 1.82) is 0 Å². The molecule has 0 aromatic heterocycles. The largest absolute Gasteiger partial charge is 0.496 e. The Kier molecular flexibility index (Phi) is 3.06. The van der Waals surface area contributed by atoms with Gasteiger partial charge >= 0.3 is 0 Å². The summed E-state index contributed by atoms with van der Waals surface area (Å²) in [5, 5.41) is 0. The lowest BCUT2D eigenvalue weighted by atomic mass is 9.82. The molecule has 1 aromatic carbocycles. The maximum absolute atomic E-state index is 12.0. The van der Waals surface area contributed by atoms with E-state index in [2.05, 4.69) is 22.9 Å². The lowest BCUT2D eigenvalue weighted by molar-refractivity contribution is 0.0966. The zero-order valence-corrected chi connectivity index (χ0v) is 11.3. The van der Waals surface area contributed by atoms with E-state index in [1.165, 1.54) is 0 Å². The summed E-state index contributed by atoms with van der Waals surface area (Å²) < 4.78 is 6.32. The lowest BCUT2D eigenvalue weighted by Gasteiger charge is -2.25. The molecule has 0 N–H and O–H groups in total. The van der Waals surface area contributed by atoms with Gasteiger partial charge in [-0.1, -0.05) is 6.92 Å². The van der Waals surface area contributed by atoms with E-state index in [9.17, 15) is 4.79 Å². The number of ketones is 1. The number of Topliss-reactive ketones (excluding diaryl/α,β-unsaturated/α-hetero) is 1. The summed E-state index contributed by atoms with van der Waals surface area (Å²) in [5.74, 6) is 1.46. The zero-order valence-electron chi connectivity index (χ0n) is 9.76. The van der Waals surface area contributed by atoms with E-state index in [-0.39, 0.29) is 5.78 Å². The molecule has 0 saturated carbocycles. The molecule has 0 bridgehead atoms. The summed E-state index contributed by atoms with van der Waals surface area (Å²) in [6, 6.07) is 2.00. The standard InChI is InChI=1S/C13H15BrO2/c1-7-4-5-9(15)12-11(7)10(16-3)6-8(2)13(12)14/h6-7H,4-5H2,1-3H3. The van der Waals surface area contributed by atoms with Crippen molar-refractivity contribution >= 4 is 21.7 Å². The van der Waals surface area contributed by atoms with Gasteiger partial charge in [0.25, 0.3) is 0 Å². The Morgan fingerprint density at radius 1 is 1.50 bits per heavy atom. The minimum atomic E-state index is 0.224. The van der Waals surface area contributed by atoms with Gasteiger partial charge in [-0.25, -0.2) is 0 Å². The van der Waals surface area contributed by atoms with Crippen molar-refractivity contribution in [2.24, 2.45) is 0 Å². The minimum Gasteiger partial charge on any atom is -0.496 e. The molecule has 2 nitrogen and oxygen atoms in total. The normalized spacial score (nSPS) is 19.5. The smallest absolute Gasteiger partial charge is 0.164 e. The van der Waals surface area contributed by atoms with E-state index in [1.54, 1.807) is 7.11 Å². The monoisotopic (exact) mass is 282 g/mol. The van der Waals surface area contributed by atoms with Crippen LogP contribution in [0.15, 0.2) is 10.5 Å². The van der Waals surface area contributed by atoms with E-state index in [0.717, 1.165) is 33.3 Å². The van der Waals surface area contributed by atoms with Crippen molar-refractivity contribution in [3.8, 4) is 5.75 Å². The second kappa shape index (κ2) is 4.21. The van der Waals surface area contributed by atoms with Crippen LogP contribution in [-0.2, 0) is 0 Å². The molecule has 0 fully saturated rings. The summed E-state index contributed by atoms with van der Waals surface area (Å²) in [7, 11) is 1.66. The Labute approximate surface area is 104 Å². The van der Waals surface area contributed by atoms with E-state index < -0.39 is 0 Å². The third-order valence-corrected chi connectivity index (χ3v) is 4.27. The van der Waals surface area contributed by atoms with Crippen LogP contribution in [0.1, 0.15) is 47.2 Å². The summed E-state index contributed by atoms with van der Waals surface area (Å²) in [6.45, 7) is 4.13. The van der Waals surface area contributed by atoms with Gasteiger partial charge in [0.15, 0.2) is 5.78 Å². The second-order valence-electron chi connectivity index (χ2n) is 4.36. The second-order valence-corrected chi connectivity index (χ2v) is 5.15. The molecular weight excluding hydrogens is 268 g/mol. The van der Waals surface area contributed by atoms with Crippen LogP contribution >= 0.6 is 15.9 Å². The predicted octanol–water partition coefficient (Wildman–Crippen LogP) is 3.85. The van der Waals surface area contributed by atoms with Crippen molar-refractivity contribution in [2.75, 3.05) is 7.11 Å². The number of aryl methyl sites for hydroxylation is 1. The van der Waals surface area contributed by atoms with Crippen LogP contribution in [-0.4, -0.2) is 12.9 Å². The molecule has 0 radical (unpaired) electrons. The number of methoxy groups -OCH3 is 1. The molecule has 1 aromatic rings. The first-order valence-electron chi connectivity index (χ1n) is 5.46. The number of hydrogen-bond acceptors (Lipinski definition) is 2. The summed E-state index contributed by atoms with van der Waals surface area (Å²) in [5.41, 5.74) is 2.95. The number of halogens is 1. The van der Waals surface area contributed by atoms with Crippen LogP contribution in [0.4, 0.5) is 0 Å². The molecule has 0 aliphatic heterocycles. The number of benzene rings is 1. The van der Waals surface area contributed by atoms with E-state index >= 15 is 0 Å². The fourth-order valence-electron chi connectivity index (χ4n) is 2.32. The molecule has 1 atom stereocenters. The Morgan fingerprint density at radius 2 is 2.19 bits per heavy atom. The number of hydrogen-bond donors (Lipinski definition) is 0. The molecule has 16 heavy (non-hydrogen) atoms. The average Bonchev–Trinajstić information content (AvgIpc) is 2.27. The number of carbonyl (C=O) groups excluding carboxylic acids is 1. The van der Waals surface area contributed by atoms with Crippen LogP contribution in [0.25, 0.3) is 0 Å². The molecule has 1 aliphatic rings. The van der Waals surface area contributed by atoms with Gasteiger partial charge in [0.1, 0.15) is 5.75 Å². The molecule has 0 saturated heterocycles. The highest BCUT2D eigenvalue weighted by molar-refractivity contribution is 9.10. The minimum absolute atomic E-state index is 0.224. The topological polar surface area (TPSA) is 26.3 Å². The number of rotatable bonds is 1. The van der Waals surface area contributed by atoms with E-state index in [0.29, 0.717) is 12.3 Å². The highest BCUT2D eigenvalue weighted by atomic mass is 79.9. The molecule has 0 spiro atoms. The number of carbonyl (C=O) groups is 1. The zero-order chi connectivity index (χ0) is 11.9. The maximum Gasteiger partial charge on any atom is 0.164 e. The van der Waals surface area contributed by atoms with Gasteiger partial charge in [-0.15, -0.1) is 0 Å². The third-order valence-electron chi connectivity index (χ3n) is 3.24. The molecule has 1 unspecified atom stereocenters. The molecule has 1 aliphatic carbocycles. The van der Waals surface area contributed by atoms with Crippen molar-refractivity contribution in [3.05, 3.63) is 27.2 Å². The van der Waals surface area contributed by atoms with Crippen molar-refractivity contribution in [2.45, 2.75) is 32.6 Å². The van der Waals surface area contributed by atoms with Gasteiger partial charge < -0.3 is 4.74 Å². The maximum atomic E-state index is 12.0. The van der Waals surface area contributed by atoms with Crippen LogP contribution < -0.4 is 4.74 Å².